The Balaban J connectivity index is 2.37. The van der Waals surface area contributed by atoms with Crippen molar-refractivity contribution in [3.8, 4) is 5.75 Å². The van der Waals surface area contributed by atoms with Crippen LogP contribution in [0.4, 0.5) is 0 Å². The zero-order valence-electron chi connectivity index (χ0n) is 11.7. The standard InChI is InChI=1S/C15H23NOS/c1-5-16-14-13-8-12(17-4)7-6-11(13)9-18-15(14)10(2)3/h6-8,10,14-16H,5,9H2,1-4H3. The highest BCUT2D eigenvalue weighted by Crippen LogP contribution is 2.42. The normalized spacial score (nSPS) is 22.9. The first-order chi connectivity index (χ1) is 8.67. The van der Waals surface area contributed by atoms with E-state index in [0.717, 1.165) is 18.0 Å². The first-order valence-electron chi connectivity index (χ1n) is 6.69. The molecule has 1 heterocycles. The number of thioether (sulfide) groups is 1. The lowest BCUT2D eigenvalue weighted by Crippen LogP contribution is -2.36. The average molecular weight is 265 g/mol. The number of benzene rings is 1. The van der Waals surface area contributed by atoms with E-state index < -0.39 is 0 Å². The van der Waals surface area contributed by atoms with Crippen molar-refractivity contribution in [1.82, 2.24) is 5.32 Å². The SMILES string of the molecule is CCNC1c2cc(OC)ccc2CSC1C(C)C. The van der Waals surface area contributed by atoms with Crippen LogP contribution in [0.25, 0.3) is 0 Å². The van der Waals surface area contributed by atoms with Crippen molar-refractivity contribution in [1.29, 1.82) is 0 Å². The van der Waals surface area contributed by atoms with E-state index in [1.807, 2.05) is 0 Å². The van der Waals surface area contributed by atoms with Gasteiger partial charge >= 0.3 is 0 Å². The van der Waals surface area contributed by atoms with Crippen LogP contribution < -0.4 is 10.1 Å². The number of ether oxygens (including phenoxy) is 1. The third-order valence-electron chi connectivity index (χ3n) is 3.53. The van der Waals surface area contributed by atoms with Crippen LogP contribution in [0.5, 0.6) is 5.75 Å². The van der Waals surface area contributed by atoms with Crippen LogP contribution in [0.1, 0.15) is 37.9 Å². The van der Waals surface area contributed by atoms with Crippen LogP contribution in [0, 0.1) is 5.92 Å². The molecular weight excluding hydrogens is 242 g/mol. The van der Waals surface area contributed by atoms with E-state index in [9.17, 15) is 0 Å². The molecule has 0 amide bonds. The summed E-state index contributed by atoms with van der Waals surface area (Å²) in [6, 6.07) is 6.93. The number of nitrogens with one attached hydrogen (secondary N) is 1. The molecule has 0 aromatic heterocycles. The van der Waals surface area contributed by atoms with E-state index in [1.165, 1.54) is 11.1 Å². The lowest BCUT2D eigenvalue weighted by Gasteiger charge is -2.36. The summed E-state index contributed by atoms with van der Waals surface area (Å²) in [5.74, 6) is 2.76. The number of methoxy groups -OCH3 is 1. The largest absolute Gasteiger partial charge is 0.497 e. The highest BCUT2D eigenvalue weighted by molar-refractivity contribution is 7.99. The Hall–Kier alpha value is -0.670. The maximum Gasteiger partial charge on any atom is 0.119 e. The molecule has 1 N–H and O–H groups in total. The smallest absolute Gasteiger partial charge is 0.119 e. The molecule has 1 aliphatic rings. The van der Waals surface area contributed by atoms with Gasteiger partial charge in [0.15, 0.2) is 0 Å². The van der Waals surface area contributed by atoms with E-state index in [-0.39, 0.29) is 0 Å². The number of fused-ring (bicyclic) bond motifs is 1. The van der Waals surface area contributed by atoms with Gasteiger partial charge in [-0.3, -0.25) is 0 Å². The third kappa shape index (κ3) is 2.67. The van der Waals surface area contributed by atoms with Gasteiger partial charge < -0.3 is 10.1 Å². The Bertz CT molecular complexity index is 405. The van der Waals surface area contributed by atoms with Crippen molar-refractivity contribution >= 4 is 11.8 Å². The zero-order valence-corrected chi connectivity index (χ0v) is 12.5. The van der Waals surface area contributed by atoms with Crippen LogP contribution >= 0.6 is 11.8 Å². The average Bonchev–Trinajstić information content (AvgIpc) is 2.38. The van der Waals surface area contributed by atoms with E-state index in [2.05, 4.69) is 56.0 Å². The molecule has 2 unspecified atom stereocenters. The topological polar surface area (TPSA) is 21.3 Å². The highest BCUT2D eigenvalue weighted by Gasteiger charge is 2.31. The van der Waals surface area contributed by atoms with Crippen molar-refractivity contribution in [3.05, 3.63) is 29.3 Å². The van der Waals surface area contributed by atoms with Crippen molar-refractivity contribution in [3.63, 3.8) is 0 Å². The molecular formula is C15H23NOS. The molecule has 1 aromatic carbocycles. The maximum atomic E-state index is 5.37. The molecule has 1 aromatic rings. The molecule has 0 spiro atoms. The molecule has 0 aliphatic carbocycles. The fourth-order valence-electron chi connectivity index (χ4n) is 2.60. The van der Waals surface area contributed by atoms with Crippen molar-refractivity contribution in [2.75, 3.05) is 13.7 Å². The van der Waals surface area contributed by atoms with Gasteiger partial charge in [0.25, 0.3) is 0 Å². The quantitative estimate of drug-likeness (QED) is 0.898. The summed E-state index contributed by atoms with van der Waals surface area (Å²) in [5.41, 5.74) is 2.87. The second-order valence-corrected chi connectivity index (χ2v) is 6.29. The first kappa shape index (κ1) is 13.8. The molecule has 1 aliphatic heterocycles. The second-order valence-electron chi connectivity index (χ2n) is 5.12. The molecule has 100 valence electrons. The fourth-order valence-corrected chi connectivity index (χ4v) is 4.06. The van der Waals surface area contributed by atoms with Crippen LogP contribution in [0.15, 0.2) is 18.2 Å². The van der Waals surface area contributed by atoms with Gasteiger partial charge in [-0.25, -0.2) is 0 Å². The van der Waals surface area contributed by atoms with E-state index >= 15 is 0 Å². The minimum atomic E-state index is 0.443. The van der Waals surface area contributed by atoms with Gasteiger partial charge in [0.2, 0.25) is 0 Å². The Morgan fingerprint density at radius 3 is 2.83 bits per heavy atom. The number of hydrogen-bond acceptors (Lipinski definition) is 3. The summed E-state index contributed by atoms with van der Waals surface area (Å²) < 4.78 is 5.37. The lowest BCUT2D eigenvalue weighted by atomic mass is 9.92. The summed E-state index contributed by atoms with van der Waals surface area (Å²) in [6.45, 7) is 7.81. The third-order valence-corrected chi connectivity index (χ3v) is 5.21. The summed E-state index contributed by atoms with van der Waals surface area (Å²) in [7, 11) is 1.74. The number of hydrogen-bond donors (Lipinski definition) is 1. The summed E-state index contributed by atoms with van der Waals surface area (Å²) in [6.07, 6.45) is 0. The zero-order chi connectivity index (χ0) is 13.1. The van der Waals surface area contributed by atoms with Crippen LogP contribution in [0.3, 0.4) is 0 Å². The highest BCUT2D eigenvalue weighted by atomic mass is 32.2. The Morgan fingerprint density at radius 2 is 2.22 bits per heavy atom. The minimum Gasteiger partial charge on any atom is -0.497 e. The first-order valence-corrected chi connectivity index (χ1v) is 7.74. The van der Waals surface area contributed by atoms with Gasteiger partial charge in [-0.05, 0) is 35.7 Å². The molecule has 0 fully saturated rings. The summed E-state index contributed by atoms with van der Waals surface area (Å²) in [4.78, 5) is 0. The summed E-state index contributed by atoms with van der Waals surface area (Å²) >= 11 is 2.07. The van der Waals surface area contributed by atoms with Gasteiger partial charge in [-0.2, -0.15) is 11.8 Å². The molecule has 2 rings (SSSR count). The Kier molecular flexibility index (Phi) is 4.57. The Labute approximate surface area is 114 Å². The molecule has 3 heteroatoms. The molecule has 0 radical (unpaired) electrons. The van der Waals surface area contributed by atoms with Crippen LogP contribution in [-0.4, -0.2) is 18.9 Å². The second kappa shape index (κ2) is 5.98. The molecule has 0 saturated carbocycles. The Morgan fingerprint density at radius 1 is 1.44 bits per heavy atom. The monoisotopic (exact) mass is 265 g/mol. The van der Waals surface area contributed by atoms with Crippen LogP contribution in [-0.2, 0) is 5.75 Å². The van der Waals surface area contributed by atoms with Gasteiger partial charge in [0, 0.05) is 17.0 Å². The van der Waals surface area contributed by atoms with Gasteiger partial charge in [-0.15, -0.1) is 0 Å². The van der Waals surface area contributed by atoms with E-state index in [0.29, 0.717) is 17.2 Å². The van der Waals surface area contributed by atoms with E-state index in [1.54, 1.807) is 7.11 Å². The lowest BCUT2D eigenvalue weighted by molar-refractivity contribution is 0.409. The van der Waals surface area contributed by atoms with Crippen LogP contribution in [0.2, 0.25) is 0 Å². The maximum absolute atomic E-state index is 5.37. The summed E-state index contributed by atoms with van der Waals surface area (Å²) in [5, 5.41) is 4.29. The van der Waals surface area contributed by atoms with Gasteiger partial charge in [0.05, 0.1) is 7.11 Å². The van der Waals surface area contributed by atoms with Crippen molar-refractivity contribution in [2.24, 2.45) is 5.92 Å². The molecule has 0 bridgehead atoms. The molecule has 2 atom stereocenters. The molecule has 2 nitrogen and oxygen atoms in total. The molecule has 18 heavy (non-hydrogen) atoms. The van der Waals surface area contributed by atoms with Crippen molar-refractivity contribution < 1.29 is 4.74 Å². The van der Waals surface area contributed by atoms with Crippen molar-refractivity contribution in [2.45, 2.75) is 37.8 Å². The minimum absolute atomic E-state index is 0.443. The number of rotatable bonds is 4. The van der Waals surface area contributed by atoms with Gasteiger partial charge in [0.1, 0.15) is 5.75 Å². The van der Waals surface area contributed by atoms with E-state index in [4.69, 9.17) is 4.74 Å². The molecule has 0 saturated heterocycles. The predicted molar refractivity (Wildman–Crippen MR) is 79.3 cm³/mol. The predicted octanol–water partition coefficient (Wildman–Crippen LogP) is 3.62. The fraction of sp³-hybridized carbons (Fsp3) is 0.600. The van der Waals surface area contributed by atoms with Gasteiger partial charge in [-0.1, -0.05) is 26.8 Å².